The molecule has 1 aliphatic heterocycles. The summed E-state index contributed by atoms with van der Waals surface area (Å²) in [6, 6.07) is 8.24. The molecule has 1 unspecified atom stereocenters. The average Bonchev–Trinajstić information content (AvgIpc) is 3.10. The Hall–Kier alpha value is -1.43. The summed E-state index contributed by atoms with van der Waals surface area (Å²) in [5.74, 6) is 0.140. The predicted molar refractivity (Wildman–Crippen MR) is 89.1 cm³/mol. The van der Waals surface area contributed by atoms with Crippen molar-refractivity contribution in [2.75, 3.05) is 18.4 Å². The van der Waals surface area contributed by atoms with E-state index in [2.05, 4.69) is 46.8 Å². The lowest BCUT2D eigenvalue weighted by Crippen LogP contribution is -2.24. The van der Waals surface area contributed by atoms with Gasteiger partial charge in [-0.1, -0.05) is 29.8 Å². The summed E-state index contributed by atoms with van der Waals surface area (Å²) in [4.78, 5) is 16.5. The second kappa shape index (κ2) is 7.02. The van der Waals surface area contributed by atoms with Gasteiger partial charge in [-0.05, 0) is 19.9 Å². The fourth-order valence-corrected chi connectivity index (χ4v) is 3.00. The highest BCUT2D eigenvalue weighted by Crippen LogP contribution is 2.25. The lowest BCUT2D eigenvalue weighted by Gasteiger charge is -2.06. The van der Waals surface area contributed by atoms with E-state index in [4.69, 9.17) is 0 Å². The van der Waals surface area contributed by atoms with Crippen LogP contribution in [0.15, 0.2) is 29.6 Å². The molecule has 112 valence electrons. The Balaban J connectivity index is 0.00000161. The van der Waals surface area contributed by atoms with Gasteiger partial charge in [-0.2, -0.15) is 0 Å². The minimum absolute atomic E-state index is 0. The average molecular weight is 324 g/mol. The van der Waals surface area contributed by atoms with Crippen LogP contribution in [0.3, 0.4) is 0 Å². The zero-order valence-electron chi connectivity index (χ0n) is 11.8. The van der Waals surface area contributed by atoms with E-state index in [0.29, 0.717) is 5.13 Å². The first-order valence-corrected chi connectivity index (χ1v) is 7.64. The predicted octanol–water partition coefficient (Wildman–Crippen LogP) is 3.09. The molecule has 4 nitrogen and oxygen atoms in total. The lowest BCUT2D eigenvalue weighted by atomic mass is 10.1. The Kier molecular flexibility index (Phi) is 5.33. The summed E-state index contributed by atoms with van der Waals surface area (Å²) in [5.41, 5.74) is 3.22. The van der Waals surface area contributed by atoms with Crippen LogP contribution in [0.25, 0.3) is 11.3 Å². The number of thiazole rings is 1. The molecule has 0 saturated carbocycles. The third-order valence-electron chi connectivity index (χ3n) is 3.51. The van der Waals surface area contributed by atoms with Gasteiger partial charge in [0.25, 0.3) is 0 Å². The summed E-state index contributed by atoms with van der Waals surface area (Å²) < 4.78 is 0. The van der Waals surface area contributed by atoms with E-state index >= 15 is 0 Å². The zero-order valence-corrected chi connectivity index (χ0v) is 13.4. The van der Waals surface area contributed by atoms with Gasteiger partial charge in [0.1, 0.15) is 0 Å². The standard InChI is InChI=1S/C15H17N3OS.ClH/c1-10-2-4-11(5-3-10)13-9-20-15(17-13)18-14(19)12-6-7-16-8-12;/h2-5,9,12,16H,6-8H2,1H3,(H,17,18,19);1H. The maximum atomic E-state index is 12.0. The molecule has 1 fully saturated rings. The molecule has 1 aromatic heterocycles. The quantitative estimate of drug-likeness (QED) is 0.912. The molecule has 1 saturated heterocycles. The zero-order chi connectivity index (χ0) is 13.9. The van der Waals surface area contributed by atoms with Crippen LogP contribution in [0.4, 0.5) is 5.13 Å². The summed E-state index contributed by atoms with van der Waals surface area (Å²) in [7, 11) is 0. The number of hydrogen-bond donors (Lipinski definition) is 2. The van der Waals surface area contributed by atoms with E-state index < -0.39 is 0 Å². The fraction of sp³-hybridized carbons (Fsp3) is 0.333. The molecule has 1 atom stereocenters. The molecule has 1 aliphatic rings. The minimum Gasteiger partial charge on any atom is -0.316 e. The number of rotatable bonds is 3. The molecule has 0 spiro atoms. The third kappa shape index (κ3) is 3.81. The van der Waals surface area contributed by atoms with Gasteiger partial charge in [-0.3, -0.25) is 4.79 Å². The molecule has 0 radical (unpaired) electrons. The molecule has 3 rings (SSSR count). The summed E-state index contributed by atoms with van der Waals surface area (Å²) in [6.45, 7) is 3.75. The van der Waals surface area contributed by atoms with E-state index in [1.165, 1.54) is 16.9 Å². The number of carbonyl (C=O) groups is 1. The number of hydrogen-bond acceptors (Lipinski definition) is 4. The summed E-state index contributed by atoms with van der Waals surface area (Å²) in [5, 5.41) is 8.77. The molecule has 2 heterocycles. The SMILES string of the molecule is Cc1ccc(-c2csc(NC(=O)C3CCNC3)n2)cc1.Cl. The van der Waals surface area contributed by atoms with E-state index in [-0.39, 0.29) is 24.2 Å². The van der Waals surface area contributed by atoms with Crippen molar-refractivity contribution in [1.82, 2.24) is 10.3 Å². The molecule has 21 heavy (non-hydrogen) atoms. The molecule has 0 bridgehead atoms. The van der Waals surface area contributed by atoms with Gasteiger partial charge in [0.2, 0.25) is 5.91 Å². The summed E-state index contributed by atoms with van der Waals surface area (Å²) in [6.07, 6.45) is 0.905. The van der Waals surface area contributed by atoms with Crippen LogP contribution in [0.1, 0.15) is 12.0 Å². The monoisotopic (exact) mass is 323 g/mol. The highest BCUT2D eigenvalue weighted by molar-refractivity contribution is 7.14. The normalized spacial score (nSPS) is 17.3. The molecule has 1 amide bonds. The molecular weight excluding hydrogens is 306 g/mol. The van der Waals surface area contributed by atoms with Gasteiger partial charge in [-0.15, -0.1) is 23.7 Å². The van der Waals surface area contributed by atoms with Crippen molar-refractivity contribution in [1.29, 1.82) is 0 Å². The van der Waals surface area contributed by atoms with Gasteiger partial charge >= 0.3 is 0 Å². The topological polar surface area (TPSA) is 54.0 Å². The first-order valence-electron chi connectivity index (χ1n) is 6.76. The number of anilines is 1. The maximum Gasteiger partial charge on any atom is 0.230 e. The molecular formula is C15H18ClN3OS. The Morgan fingerprint density at radius 2 is 2.14 bits per heavy atom. The second-order valence-corrected chi connectivity index (χ2v) is 5.94. The lowest BCUT2D eigenvalue weighted by molar-refractivity contribution is -0.119. The molecule has 6 heteroatoms. The number of aromatic nitrogens is 1. The third-order valence-corrected chi connectivity index (χ3v) is 4.27. The summed E-state index contributed by atoms with van der Waals surface area (Å²) >= 11 is 1.47. The van der Waals surface area contributed by atoms with Crippen molar-refractivity contribution in [3.8, 4) is 11.3 Å². The van der Waals surface area contributed by atoms with E-state index in [9.17, 15) is 4.79 Å². The highest BCUT2D eigenvalue weighted by atomic mass is 35.5. The van der Waals surface area contributed by atoms with Crippen LogP contribution < -0.4 is 10.6 Å². The Morgan fingerprint density at radius 3 is 2.81 bits per heavy atom. The van der Waals surface area contributed by atoms with Crippen LogP contribution in [0.2, 0.25) is 0 Å². The van der Waals surface area contributed by atoms with Gasteiger partial charge in [0.05, 0.1) is 11.6 Å². The van der Waals surface area contributed by atoms with Gasteiger partial charge in [0, 0.05) is 17.5 Å². The number of benzene rings is 1. The Labute approximate surface area is 134 Å². The first-order chi connectivity index (χ1) is 9.72. The number of amides is 1. The van der Waals surface area contributed by atoms with Crippen molar-refractivity contribution >= 4 is 34.8 Å². The molecule has 1 aromatic carbocycles. The van der Waals surface area contributed by atoms with Crippen molar-refractivity contribution in [3.63, 3.8) is 0 Å². The van der Waals surface area contributed by atoms with Gasteiger partial charge in [-0.25, -0.2) is 4.98 Å². The van der Waals surface area contributed by atoms with E-state index in [1.54, 1.807) is 0 Å². The van der Waals surface area contributed by atoms with Crippen molar-refractivity contribution in [2.24, 2.45) is 5.92 Å². The number of halogens is 1. The van der Waals surface area contributed by atoms with Crippen LogP contribution in [0, 0.1) is 12.8 Å². The van der Waals surface area contributed by atoms with Crippen LogP contribution in [0.5, 0.6) is 0 Å². The van der Waals surface area contributed by atoms with Crippen LogP contribution in [-0.4, -0.2) is 24.0 Å². The van der Waals surface area contributed by atoms with E-state index in [1.807, 2.05) is 5.38 Å². The number of carbonyl (C=O) groups excluding carboxylic acids is 1. The Bertz CT molecular complexity index is 606. The number of nitrogens with zero attached hydrogens (tertiary/aromatic N) is 1. The second-order valence-electron chi connectivity index (χ2n) is 5.08. The van der Waals surface area contributed by atoms with Gasteiger partial charge in [0.15, 0.2) is 5.13 Å². The smallest absolute Gasteiger partial charge is 0.230 e. The molecule has 2 N–H and O–H groups in total. The number of nitrogens with one attached hydrogen (secondary N) is 2. The van der Waals surface area contributed by atoms with Crippen molar-refractivity contribution < 1.29 is 4.79 Å². The molecule has 2 aromatic rings. The largest absolute Gasteiger partial charge is 0.316 e. The molecule has 0 aliphatic carbocycles. The van der Waals surface area contributed by atoms with Crippen LogP contribution >= 0.6 is 23.7 Å². The number of aryl methyl sites for hydroxylation is 1. The van der Waals surface area contributed by atoms with Gasteiger partial charge < -0.3 is 10.6 Å². The van der Waals surface area contributed by atoms with Crippen LogP contribution in [-0.2, 0) is 4.79 Å². The van der Waals surface area contributed by atoms with Crippen molar-refractivity contribution in [2.45, 2.75) is 13.3 Å². The minimum atomic E-state index is 0. The Morgan fingerprint density at radius 1 is 1.38 bits per heavy atom. The fourth-order valence-electron chi connectivity index (χ4n) is 2.27. The first kappa shape index (κ1) is 15.9. The highest BCUT2D eigenvalue weighted by Gasteiger charge is 2.23. The van der Waals surface area contributed by atoms with Crippen molar-refractivity contribution in [3.05, 3.63) is 35.2 Å². The maximum absolute atomic E-state index is 12.0. The van der Waals surface area contributed by atoms with E-state index in [0.717, 1.165) is 30.8 Å².